The second kappa shape index (κ2) is 5.40. The smallest absolute Gasteiger partial charge is 0.252 e. The van der Waals surface area contributed by atoms with Crippen molar-refractivity contribution in [3.63, 3.8) is 0 Å². The Balaban J connectivity index is 1.71. The van der Waals surface area contributed by atoms with Crippen LogP contribution in [0.3, 0.4) is 0 Å². The third kappa shape index (κ3) is 2.52. The van der Waals surface area contributed by atoms with Crippen molar-refractivity contribution in [1.82, 2.24) is 9.88 Å². The van der Waals surface area contributed by atoms with E-state index in [0.29, 0.717) is 12.3 Å². The second-order valence-electron chi connectivity index (χ2n) is 4.82. The summed E-state index contributed by atoms with van der Waals surface area (Å²) >= 11 is 0. The van der Waals surface area contributed by atoms with Gasteiger partial charge in [0.2, 0.25) is 5.91 Å². The molecular formula is C15H15N3O3. The van der Waals surface area contributed by atoms with Crippen molar-refractivity contribution in [3.8, 4) is 11.3 Å². The molecular weight excluding hydrogens is 270 g/mol. The molecule has 6 nitrogen and oxygen atoms in total. The first-order valence-corrected chi connectivity index (χ1v) is 6.78. The van der Waals surface area contributed by atoms with E-state index < -0.39 is 6.04 Å². The summed E-state index contributed by atoms with van der Waals surface area (Å²) < 4.78 is 5.22. The Morgan fingerprint density at radius 1 is 1.33 bits per heavy atom. The Morgan fingerprint density at radius 3 is 2.67 bits per heavy atom. The Bertz CT molecular complexity index is 649. The van der Waals surface area contributed by atoms with Gasteiger partial charge in [-0.05, 0) is 31.2 Å². The number of carbonyl (C=O) groups is 2. The van der Waals surface area contributed by atoms with Crippen LogP contribution in [0.2, 0.25) is 0 Å². The highest BCUT2D eigenvalue weighted by atomic mass is 16.3. The number of hydrogen-bond acceptors (Lipinski definition) is 5. The Morgan fingerprint density at radius 2 is 2.10 bits per heavy atom. The molecule has 1 N–H and O–H groups in total. The molecule has 0 spiro atoms. The average molecular weight is 285 g/mol. The van der Waals surface area contributed by atoms with Crippen molar-refractivity contribution in [2.24, 2.45) is 0 Å². The van der Waals surface area contributed by atoms with E-state index in [4.69, 9.17) is 4.42 Å². The van der Waals surface area contributed by atoms with Gasteiger partial charge in [-0.1, -0.05) is 0 Å². The van der Waals surface area contributed by atoms with Crippen LogP contribution in [0, 0.1) is 0 Å². The molecule has 1 atom stereocenters. The van der Waals surface area contributed by atoms with Crippen LogP contribution >= 0.6 is 0 Å². The van der Waals surface area contributed by atoms with Crippen LogP contribution in [0.1, 0.15) is 13.3 Å². The van der Waals surface area contributed by atoms with Gasteiger partial charge in [-0.3, -0.25) is 14.5 Å². The molecule has 0 saturated carbocycles. The van der Waals surface area contributed by atoms with Crippen LogP contribution in [0.25, 0.3) is 11.3 Å². The predicted molar refractivity (Wildman–Crippen MR) is 76.4 cm³/mol. The summed E-state index contributed by atoms with van der Waals surface area (Å²) in [5.74, 6) is 0.394. The topological polar surface area (TPSA) is 75.4 Å². The normalized spacial score (nSPS) is 18.3. The summed E-state index contributed by atoms with van der Waals surface area (Å²) in [5, 5.41) is 3.10. The molecule has 1 fully saturated rings. The highest BCUT2D eigenvalue weighted by Gasteiger charge is 2.37. The molecule has 2 aromatic rings. The van der Waals surface area contributed by atoms with Gasteiger partial charge < -0.3 is 9.73 Å². The zero-order valence-electron chi connectivity index (χ0n) is 11.6. The average Bonchev–Trinajstić information content (AvgIpc) is 3.10. The summed E-state index contributed by atoms with van der Waals surface area (Å²) in [6, 6.07) is 6.98. The summed E-state index contributed by atoms with van der Waals surface area (Å²) in [6.45, 7) is 2.21. The monoisotopic (exact) mass is 285 g/mol. The van der Waals surface area contributed by atoms with Crippen molar-refractivity contribution < 1.29 is 14.0 Å². The van der Waals surface area contributed by atoms with Crippen LogP contribution in [-0.4, -0.2) is 34.3 Å². The first kappa shape index (κ1) is 13.4. The van der Waals surface area contributed by atoms with Gasteiger partial charge in [0, 0.05) is 17.8 Å². The lowest BCUT2D eigenvalue weighted by Gasteiger charge is -2.14. The van der Waals surface area contributed by atoms with Crippen molar-refractivity contribution in [2.45, 2.75) is 19.4 Å². The first-order chi connectivity index (χ1) is 10.2. The molecule has 21 heavy (non-hydrogen) atoms. The minimum atomic E-state index is -0.478. The largest absolute Gasteiger partial charge is 0.444 e. The maximum atomic E-state index is 12.0. The van der Waals surface area contributed by atoms with Crippen LogP contribution < -0.4 is 5.32 Å². The lowest BCUT2D eigenvalue weighted by molar-refractivity contribution is -0.138. The maximum absolute atomic E-state index is 12.0. The number of nitrogens with zero attached hydrogens (tertiary/aromatic N) is 2. The van der Waals surface area contributed by atoms with Gasteiger partial charge in [-0.2, -0.15) is 0 Å². The molecule has 0 aliphatic carbocycles. The molecule has 1 unspecified atom stereocenters. The van der Waals surface area contributed by atoms with Crippen molar-refractivity contribution in [2.75, 3.05) is 11.9 Å². The Kier molecular flexibility index (Phi) is 3.43. The minimum Gasteiger partial charge on any atom is -0.444 e. The third-order valence-corrected chi connectivity index (χ3v) is 3.50. The van der Waals surface area contributed by atoms with E-state index in [1.54, 1.807) is 13.1 Å². The zero-order chi connectivity index (χ0) is 14.8. The van der Waals surface area contributed by atoms with E-state index in [-0.39, 0.29) is 18.2 Å². The molecule has 6 heteroatoms. The quantitative estimate of drug-likeness (QED) is 0.868. The lowest BCUT2D eigenvalue weighted by atomic mass is 10.1. The number of likely N-dealkylation sites (N-methyl/N-ethyl adjacent to an activating group) is 1. The van der Waals surface area contributed by atoms with Crippen molar-refractivity contribution >= 4 is 17.5 Å². The van der Waals surface area contributed by atoms with Crippen LogP contribution in [-0.2, 0) is 9.59 Å². The molecule has 1 aliphatic heterocycles. The molecule has 2 heterocycles. The maximum Gasteiger partial charge on any atom is 0.252 e. The van der Waals surface area contributed by atoms with Gasteiger partial charge in [0.25, 0.3) is 5.91 Å². The lowest BCUT2D eigenvalue weighted by Crippen LogP contribution is -2.34. The van der Waals surface area contributed by atoms with E-state index in [9.17, 15) is 9.59 Å². The van der Waals surface area contributed by atoms with Crippen LogP contribution in [0.15, 0.2) is 41.3 Å². The number of nitrogens with one attached hydrogen (secondary N) is 1. The summed E-state index contributed by atoms with van der Waals surface area (Å²) in [6.07, 6.45) is 3.22. The standard InChI is InChI=1S/C15H15N3O3/c1-2-18-14(19)7-12(15(18)20)17-11-5-3-10(4-6-11)13-8-16-9-21-13/h3-6,8-9,12,17H,2,7H2,1H3. The van der Waals surface area contributed by atoms with Gasteiger partial charge in [-0.25, -0.2) is 4.98 Å². The molecule has 2 amide bonds. The number of amides is 2. The van der Waals surface area contributed by atoms with Crippen molar-refractivity contribution in [3.05, 3.63) is 36.9 Å². The van der Waals surface area contributed by atoms with Crippen LogP contribution in [0.4, 0.5) is 5.69 Å². The van der Waals surface area contributed by atoms with Gasteiger partial charge in [0.05, 0.1) is 12.6 Å². The number of hydrogen-bond donors (Lipinski definition) is 1. The van der Waals surface area contributed by atoms with Crippen LogP contribution in [0.5, 0.6) is 0 Å². The highest BCUT2D eigenvalue weighted by molar-refractivity contribution is 6.06. The van der Waals surface area contributed by atoms with E-state index in [0.717, 1.165) is 11.3 Å². The molecule has 1 saturated heterocycles. The van der Waals surface area contributed by atoms with E-state index in [1.807, 2.05) is 24.3 Å². The number of anilines is 1. The van der Waals surface area contributed by atoms with Crippen molar-refractivity contribution in [1.29, 1.82) is 0 Å². The number of aromatic nitrogens is 1. The number of carbonyl (C=O) groups excluding carboxylic acids is 2. The number of rotatable bonds is 4. The fraction of sp³-hybridized carbons (Fsp3) is 0.267. The first-order valence-electron chi connectivity index (χ1n) is 6.78. The molecule has 0 radical (unpaired) electrons. The Labute approximate surface area is 121 Å². The number of oxazole rings is 1. The van der Waals surface area contributed by atoms with Gasteiger partial charge >= 0.3 is 0 Å². The SMILES string of the molecule is CCN1C(=O)CC(Nc2ccc(-c3cnco3)cc2)C1=O. The fourth-order valence-electron chi connectivity index (χ4n) is 2.42. The van der Waals surface area contributed by atoms with E-state index in [1.165, 1.54) is 11.3 Å². The van der Waals surface area contributed by atoms with E-state index >= 15 is 0 Å². The molecule has 0 bridgehead atoms. The fourth-order valence-corrected chi connectivity index (χ4v) is 2.42. The molecule has 1 aliphatic rings. The zero-order valence-corrected chi connectivity index (χ0v) is 11.6. The highest BCUT2D eigenvalue weighted by Crippen LogP contribution is 2.23. The molecule has 1 aromatic heterocycles. The second-order valence-corrected chi connectivity index (χ2v) is 4.82. The third-order valence-electron chi connectivity index (χ3n) is 3.50. The Hall–Kier alpha value is -2.63. The van der Waals surface area contributed by atoms with Gasteiger partial charge in [-0.15, -0.1) is 0 Å². The minimum absolute atomic E-state index is 0.127. The molecule has 108 valence electrons. The predicted octanol–water partition coefficient (Wildman–Crippen LogP) is 1.90. The summed E-state index contributed by atoms with van der Waals surface area (Å²) in [5.41, 5.74) is 1.70. The van der Waals surface area contributed by atoms with Gasteiger partial charge in [0.15, 0.2) is 12.2 Å². The number of imide groups is 1. The summed E-state index contributed by atoms with van der Waals surface area (Å²) in [7, 11) is 0. The number of benzene rings is 1. The molecule has 1 aromatic carbocycles. The summed E-state index contributed by atoms with van der Waals surface area (Å²) in [4.78, 5) is 28.8. The van der Waals surface area contributed by atoms with E-state index in [2.05, 4.69) is 10.3 Å². The van der Waals surface area contributed by atoms with Gasteiger partial charge in [0.1, 0.15) is 6.04 Å². The number of likely N-dealkylation sites (tertiary alicyclic amines) is 1. The molecule has 3 rings (SSSR count).